The number of ketones is 1. The van der Waals surface area contributed by atoms with Crippen LogP contribution in [0.4, 0.5) is 0 Å². The van der Waals surface area contributed by atoms with E-state index in [1.165, 1.54) is 48.4 Å². The normalized spacial score (nSPS) is 21.3. The summed E-state index contributed by atoms with van der Waals surface area (Å²) in [6.45, 7) is 16.4. The molecule has 11 N–H and O–H groups in total. The number of phenols is 1. The molecule has 14 atom stereocenters. The number of nitrogens with two attached hydrogens (primary N) is 1. The standard InChI is InChI=1S/C40H68N4O7.C19H24N4O.C15H18N2O5S.CH2O2/c1-13-26(6)36(43(10)40(49)30(24(2)3)22-32(45)35(41-9)25(4)5)33(50-11)23-34(46)44-21-17-20-31(44)38(51-12)27(7)39(48)42-28(8)37(47)29-18-15-14-16-19-29;20-10-12-5-7-13(8-6-12)19-15-4-2-1-3-14-9-17(24)22-18(14)16(15)11-21-23-19;1-23-12-7-13(20)17(15(12)22)5-4-16-14(21)10-6-9(8-18)2-3-11(10)19;2-1-3/h14-16,18-19,24-28,30-31,33,35-38,41,47H,13,17,20-23H2,1-12H3,(H,42,48);5-8,11,14-15,18,21H,1-4,9-10,20H2,(H,22,24);2-3,6,12,18-19H,4-5,7-8H2,1H3,(H,16,21);1H,(H,2,3)/t26-,27+,28+,30-,31-,33+,35-,36-,37+,38+;14-,15?,18?;;/m01../s1. The lowest BCUT2D eigenvalue weighted by Gasteiger charge is -2.41. The largest absolute Gasteiger partial charge is 0.507 e. The van der Waals surface area contributed by atoms with Crippen LogP contribution < -0.4 is 32.4 Å². The maximum atomic E-state index is 14.2. The second kappa shape index (κ2) is 41.5. The highest BCUT2D eigenvalue weighted by atomic mass is 32.2. The minimum atomic E-state index is -0.871. The Morgan fingerprint density at radius 1 is 0.881 bits per heavy atom. The number of methoxy groups -OCH3 is 2. The number of likely N-dealkylation sites (tertiary alicyclic amines) is 2. The first-order chi connectivity index (χ1) is 48.2. The summed E-state index contributed by atoms with van der Waals surface area (Å²) in [7, 11) is 6.68. The fraction of sp³-hybridized carbons (Fsp3) is 0.600. The van der Waals surface area contributed by atoms with Gasteiger partial charge in [-0.3, -0.25) is 53.5 Å². The fourth-order valence-corrected chi connectivity index (χ4v) is 15.0. The van der Waals surface area contributed by atoms with Crippen molar-refractivity contribution in [3.63, 3.8) is 0 Å². The van der Waals surface area contributed by atoms with Gasteiger partial charge in [0.1, 0.15) is 5.75 Å². The number of thioether (sulfide) groups is 1. The Morgan fingerprint density at radius 2 is 1.54 bits per heavy atom. The van der Waals surface area contributed by atoms with Gasteiger partial charge in [0.15, 0.2) is 5.78 Å². The highest BCUT2D eigenvalue weighted by Gasteiger charge is 2.45. The molecule has 4 aliphatic heterocycles. The number of imide groups is 1. The van der Waals surface area contributed by atoms with Gasteiger partial charge < -0.3 is 66.7 Å². The van der Waals surface area contributed by atoms with Crippen molar-refractivity contribution in [3.05, 3.63) is 112 Å². The molecule has 1 aliphatic carbocycles. The van der Waals surface area contributed by atoms with E-state index in [1.54, 1.807) is 58.2 Å². The number of benzene rings is 3. The number of carboxylic acid groups (broad SMARTS) is 1. The van der Waals surface area contributed by atoms with Gasteiger partial charge in [0.2, 0.25) is 35.4 Å². The molecule has 1 saturated carbocycles. The van der Waals surface area contributed by atoms with Crippen molar-refractivity contribution in [2.75, 3.05) is 54.2 Å². The second-order valence-electron chi connectivity index (χ2n) is 27.5. The van der Waals surface area contributed by atoms with Gasteiger partial charge >= 0.3 is 0 Å². The average Bonchev–Trinajstić information content (AvgIpc) is 1.77. The molecule has 558 valence electrons. The van der Waals surface area contributed by atoms with Gasteiger partial charge in [0, 0.05) is 84.7 Å². The molecule has 0 bridgehead atoms. The zero-order valence-electron chi connectivity index (χ0n) is 61.2. The molecular formula is C75H112N10O15S. The number of ether oxygens (including phenoxy) is 2. The number of aliphatic hydroxyl groups excluding tert-OH is 2. The number of nitrogens with one attached hydrogen (secondary N) is 5. The molecule has 101 heavy (non-hydrogen) atoms. The van der Waals surface area contributed by atoms with Crippen LogP contribution in [-0.2, 0) is 61.0 Å². The highest BCUT2D eigenvalue weighted by Crippen LogP contribution is 2.39. The molecule has 3 aromatic carbocycles. The summed E-state index contributed by atoms with van der Waals surface area (Å²) < 4.78 is 11.9. The molecular weight excluding hydrogens is 1310 g/mol. The molecule has 4 fully saturated rings. The quantitative estimate of drug-likeness (QED) is 0.0263. The van der Waals surface area contributed by atoms with Crippen LogP contribution in [0.5, 0.6) is 5.75 Å². The van der Waals surface area contributed by atoms with Crippen molar-refractivity contribution < 1.29 is 73.1 Å². The van der Waals surface area contributed by atoms with Crippen molar-refractivity contribution in [1.29, 1.82) is 0 Å². The van der Waals surface area contributed by atoms with E-state index in [1.807, 2.05) is 64.2 Å². The lowest BCUT2D eigenvalue weighted by molar-refractivity contribution is -0.149. The average molecular weight is 1430 g/mol. The van der Waals surface area contributed by atoms with E-state index in [0.29, 0.717) is 43.0 Å². The maximum absolute atomic E-state index is 14.2. The van der Waals surface area contributed by atoms with E-state index < -0.39 is 48.1 Å². The van der Waals surface area contributed by atoms with Crippen molar-refractivity contribution in [2.45, 2.75) is 193 Å². The summed E-state index contributed by atoms with van der Waals surface area (Å²) in [5.41, 5.74) is 14.7. The molecule has 0 spiro atoms. The summed E-state index contributed by atoms with van der Waals surface area (Å²) in [4.78, 5) is 116. The van der Waals surface area contributed by atoms with E-state index >= 15 is 0 Å². The molecule has 25 nitrogen and oxygen atoms in total. The Bertz CT molecular complexity index is 3280. The molecule has 7 amide bonds. The van der Waals surface area contributed by atoms with Gasteiger partial charge in [-0.05, 0) is 110 Å². The van der Waals surface area contributed by atoms with E-state index in [9.17, 15) is 48.6 Å². The molecule has 4 heterocycles. The number of likely N-dealkylation sites (N-methyl/N-ethyl adjacent to an activating group) is 2. The molecule has 0 radical (unpaired) electrons. The lowest BCUT2D eigenvalue weighted by atomic mass is 9.75. The van der Waals surface area contributed by atoms with E-state index in [2.05, 4.69) is 69.9 Å². The lowest BCUT2D eigenvalue weighted by Crippen LogP contribution is -2.54. The van der Waals surface area contributed by atoms with Crippen LogP contribution in [0.2, 0.25) is 0 Å². The van der Waals surface area contributed by atoms with Gasteiger partial charge in [-0.15, -0.1) is 0 Å². The molecule has 26 heteroatoms. The first-order valence-corrected chi connectivity index (χ1v) is 36.6. The number of aromatic hydroxyl groups is 1. The van der Waals surface area contributed by atoms with Gasteiger partial charge in [-0.25, -0.2) is 0 Å². The van der Waals surface area contributed by atoms with Crippen LogP contribution in [0.1, 0.15) is 165 Å². The maximum Gasteiger partial charge on any atom is 0.290 e. The van der Waals surface area contributed by atoms with Crippen LogP contribution in [0, 0.1) is 41.4 Å². The predicted molar refractivity (Wildman–Crippen MR) is 389 cm³/mol. The Balaban J connectivity index is 0.000000301. The number of nitrogens with zero attached hydrogens (tertiary/aromatic N) is 4. The number of amides is 7. The molecule has 8 rings (SSSR count). The fourth-order valence-electron chi connectivity index (χ4n) is 14.4. The third kappa shape index (κ3) is 22.7. The monoisotopic (exact) mass is 1420 g/mol. The first-order valence-electron chi connectivity index (χ1n) is 35.3. The van der Waals surface area contributed by atoms with Crippen molar-refractivity contribution in [3.8, 4) is 5.75 Å². The van der Waals surface area contributed by atoms with Gasteiger partial charge in [-0.1, -0.05) is 128 Å². The zero-order chi connectivity index (χ0) is 74.8. The second-order valence-corrected chi connectivity index (χ2v) is 28.5. The number of phenolic OH excluding ortho intramolecular Hbond substituents is 1. The smallest absolute Gasteiger partial charge is 0.290 e. The number of carbonyl (C=O) groups is 9. The Hall–Kier alpha value is -7.59. The SMILES string of the molecule is CC[C@H](C)[C@@H]([C@@H](CC(=O)N1CCC[C@H]1[C@H](OC)[C@@H](C)C(=O)N[C@H](C)[C@@H](O)c1ccccc1)OC)N(C)C(=O)[C@@H](CC(=O)[C@@H](NC)C(C)C)C(C)C.CSC1CC(=O)N(CCNC(=O)c2cc(CO)ccc2O)C1=O.NCc1ccc(C2=NNC=C3C2CCCC[C@@H]2CC(=O)NC32)cc1.O=CO. The zero-order valence-corrected chi connectivity index (χ0v) is 62.0. The van der Waals surface area contributed by atoms with E-state index in [-0.39, 0.29) is 145 Å². The summed E-state index contributed by atoms with van der Waals surface area (Å²) in [6.07, 6.45) is 9.60. The summed E-state index contributed by atoms with van der Waals surface area (Å²) in [6, 6.07) is 20.3. The van der Waals surface area contributed by atoms with Crippen molar-refractivity contribution >= 4 is 71.1 Å². The summed E-state index contributed by atoms with van der Waals surface area (Å²) >= 11 is 1.33. The first kappa shape index (κ1) is 84.1. The summed E-state index contributed by atoms with van der Waals surface area (Å²) in [5.74, 6) is -1.86. The molecule has 3 saturated heterocycles. The van der Waals surface area contributed by atoms with E-state index in [4.69, 9.17) is 30.2 Å². The number of carbonyl (C=O) groups excluding carboxylic acids is 8. The number of aliphatic hydroxyl groups is 2. The van der Waals surface area contributed by atoms with Crippen molar-refractivity contribution in [1.82, 2.24) is 41.4 Å². The van der Waals surface area contributed by atoms with Crippen LogP contribution in [0.25, 0.3) is 0 Å². The van der Waals surface area contributed by atoms with Crippen LogP contribution >= 0.6 is 11.8 Å². The molecule has 0 aromatic heterocycles. The van der Waals surface area contributed by atoms with Gasteiger partial charge in [0.05, 0.1) is 84.0 Å². The number of hydrogen-bond acceptors (Lipinski definition) is 19. The van der Waals surface area contributed by atoms with Crippen molar-refractivity contribution in [2.24, 2.45) is 52.3 Å². The number of hydrogen-bond donors (Lipinski definition) is 10. The number of fused-ring (bicyclic) bond motifs is 3. The Kier molecular flexibility index (Phi) is 34.5. The number of Topliss-reactive ketones (excluding diaryl/α,β-unsaturated/α-hetero) is 1. The highest BCUT2D eigenvalue weighted by molar-refractivity contribution is 8.00. The van der Waals surface area contributed by atoms with Gasteiger partial charge in [0.25, 0.3) is 12.4 Å². The Labute approximate surface area is 600 Å². The third-order valence-electron chi connectivity index (χ3n) is 20.3. The third-order valence-corrected chi connectivity index (χ3v) is 21.2. The van der Waals surface area contributed by atoms with Crippen LogP contribution in [0.3, 0.4) is 0 Å². The Morgan fingerprint density at radius 3 is 2.13 bits per heavy atom. The minimum absolute atomic E-state index is 0.0129. The number of hydrazone groups is 1. The molecule has 5 aliphatic rings. The van der Waals surface area contributed by atoms with Gasteiger partial charge in [-0.2, -0.15) is 16.9 Å². The molecule has 3 unspecified atom stereocenters. The van der Waals surface area contributed by atoms with Crippen LogP contribution in [0.15, 0.2) is 89.7 Å². The topological polar surface area (TPSA) is 361 Å². The summed E-state index contributed by atoms with van der Waals surface area (Å²) in [5, 5.41) is 52.5. The minimum Gasteiger partial charge on any atom is -0.507 e. The molecule has 3 aromatic rings. The van der Waals surface area contributed by atoms with Crippen LogP contribution in [-0.4, -0.2) is 196 Å². The number of rotatable bonds is 29. The van der Waals surface area contributed by atoms with E-state index in [0.717, 1.165) is 47.4 Å². The predicted octanol–water partition coefficient (Wildman–Crippen LogP) is 6.46.